The zero-order valence-electron chi connectivity index (χ0n) is 16.0. The molecule has 0 aliphatic carbocycles. The average Bonchev–Trinajstić information content (AvgIpc) is 2.53. The van der Waals surface area contributed by atoms with Gasteiger partial charge in [0.15, 0.2) is 0 Å². The summed E-state index contributed by atoms with van der Waals surface area (Å²) in [6.45, 7) is 6.65. The molecule has 0 aliphatic rings. The van der Waals surface area contributed by atoms with Crippen molar-refractivity contribution in [2.75, 3.05) is 20.3 Å². The lowest BCUT2D eigenvalue weighted by molar-refractivity contribution is 0.0518. The highest BCUT2D eigenvalue weighted by molar-refractivity contribution is 5.67. The second-order valence-corrected chi connectivity index (χ2v) is 7.28. The molecule has 1 rings (SSSR count). The summed E-state index contributed by atoms with van der Waals surface area (Å²) in [6, 6.07) is 8.04. The monoisotopic (exact) mass is 351 g/mol. The van der Waals surface area contributed by atoms with Crippen LogP contribution in [0.1, 0.15) is 63.7 Å². The molecular formula is C20H33NO4. The second-order valence-electron chi connectivity index (χ2n) is 7.28. The van der Waals surface area contributed by atoms with Crippen LogP contribution in [-0.4, -0.2) is 37.1 Å². The SMILES string of the molecule is COCCCCCc1cccc(C(O)CCNC(=O)OC(C)(C)C)c1. The normalized spacial score (nSPS) is 12.7. The first kappa shape index (κ1) is 21.5. The molecule has 2 N–H and O–H groups in total. The van der Waals surface area contributed by atoms with Crippen molar-refractivity contribution in [1.82, 2.24) is 5.32 Å². The van der Waals surface area contributed by atoms with Gasteiger partial charge in [-0.15, -0.1) is 0 Å². The molecule has 0 spiro atoms. The fourth-order valence-corrected chi connectivity index (χ4v) is 2.50. The number of aliphatic hydroxyl groups excluding tert-OH is 1. The minimum absolute atomic E-state index is 0.372. The van der Waals surface area contributed by atoms with Crippen LogP contribution in [0.15, 0.2) is 24.3 Å². The van der Waals surface area contributed by atoms with E-state index in [-0.39, 0.29) is 0 Å². The van der Waals surface area contributed by atoms with Gasteiger partial charge in [0.05, 0.1) is 6.10 Å². The largest absolute Gasteiger partial charge is 0.444 e. The van der Waals surface area contributed by atoms with E-state index in [2.05, 4.69) is 17.4 Å². The van der Waals surface area contributed by atoms with E-state index < -0.39 is 17.8 Å². The molecule has 1 amide bonds. The lowest BCUT2D eigenvalue weighted by Crippen LogP contribution is -2.33. The Morgan fingerprint density at radius 3 is 2.68 bits per heavy atom. The van der Waals surface area contributed by atoms with Gasteiger partial charge in [0.1, 0.15) is 5.60 Å². The van der Waals surface area contributed by atoms with Gasteiger partial charge in [-0.2, -0.15) is 0 Å². The van der Waals surface area contributed by atoms with Crippen molar-refractivity contribution >= 4 is 6.09 Å². The van der Waals surface area contributed by atoms with Gasteiger partial charge in [-0.25, -0.2) is 4.79 Å². The maximum Gasteiger partial charge on any atom is 0.407 e. The maximum absolute atomic E-state index is 11.6. The van der Waals surface area contributed by atoms with Gasteiger partial charge in [-0.1, -0.05) is 30.7 Å². The highest BCUT2D eigenvalue weighted by Gasteiger charge is 2.16. The van der Waals surface area contributed by atoms with Crippen LogP contribution in [0.2, 0.25) is 0 Å². The molecule has 142 valence electrons. The number of alkyl carbamates (subject to hydrolysis) is 1. The van der Waals surface area contributed by atoms with Crippen LogP contribution >= 0.6 is 0 Å². The van der Waals surface area contributed by atoms with Gasteiger partial charge >= 0.3 is 6.09 Å². The number of benzene rings is 1. The highest BCUT2D eigenvalue weighted by Crippen LogP contribution is 2.19. The third kappa shape index (κ3) is 10.1. The molecule has 5 heteroatoms. The lowest BCUT2D eigenvalue weighted by Gasteiger charge is -2.20. The zero-order chi connectivity index (χ0) is 18.7. The first-order valence-corrected chi connectivity index (χ1v) is 9.04. The van der Waals surface area contributed by atoms with Crippen LogP contribution in [0.25, 0.3) is 0 Å². The molecular weight excluding hydrogens is 318 g/mol. The topological polar surface area (TPSA) is 67.8 Å². The Balaban J connectivity index is 2.36. The number of ether oxygens (including phenoxy) is 2. The minimum Gasteiger partial charge on any atom is -0.444 e. The minimum atomic E-state index is -0.594. The van der Waals surface area contributed by atoms with Crippen LogP contribution in [0.5, 0.6) is 0 Å². The van der Waals surface area contributed by atoms with Crippen molar-refractivity contribution in [2.24, 2.45) is 0 Å². The quantitative estimate of drug-likeness (QED) is 0.625. The molecule has 1 atom stereocenters. The van der Waals surface area contributed by atoms with Gasteiger partial charge in [0.2, 0.25) is 0 Å². The number of carbonyl (C=O) groups excluding carboxylic acids is 1. The molecule has 0 radical (unpaired) electrons. The Kier molecular flexibility index (Phi) is 9.53. The van der Waals surface area contributed by atoms with Crippen molar-refractivity contribution in [3.05, 3.63) is 35.4 Å². The smallest absolute Gasteiger partial charge is 0.407 e. The summed E-state index contributed by atoms with van der Waals surface area (Å²) in [5.41, 5.74) is 1.61. The van der Waals surface area contributed by atoms with Crippen LogP contribution in [0.4, 0.5) is 4.79 Å². The lowest BCUT2D eigenvalue weighted by atomic mass is 10.0. The van der Waals surface area contributed by atoms with E-state index in [1.165, 1.54) is 5.56 Å². The zero-order valence-corrected chi connectivity index (χ0v) is 16.0. The molecule has 0 heterocycles. The maximum atomic E-state index is 11.6. The number of aryl methyl sites for hydroxylation is 1. The molecule has 0 saturated carbocycles. The standard InChI is InChI=1S/C20H33NO4/c1-20(2,3)25-19(23)21-13-12-18(22)17-11-8-10-16(15-17)9-6-5-7-14-24-4/h8,10-11,15,18,22H,5-7,9,12-14H2,1-4H3,(H,21,23). The van der Waals surface area contributed by atoms with E-state index in [4.69, 9.17) is 9.47 Å². The highest BCUT2D eigenvalue weighted by atomic mass is 16.6. The van der Waals surface area contributed by atoms with Crippen molar-refractivity contribution in [3.63, 3.8) is 0 Å². The van der Waals surface area contributed by atoms with Gasteiger partial charge < -0.3 is 19.9 Å². The van der Waals surface area contributed by atoms with Crippen molar-refractivity contribution in [2.45, 2.75) is 64.6 Å². The Morgan fingerprint density at radius 1 is 1.24 bits per heavy atom. The van der Waals surface area contributed by atoms with Crippen molar-refractivity contribution < 1.29 is 19.4 Å². The van der Waals surface area contributed by atoms with E-state index >= 15 is 0 Å². The second kappa shape index (κ2) is 11.1. The van der Waals surface area contributed by atoms with Crippen LogP contribution in [-0.2, 0) is 15.9 Å². The van der Waals surface area contributed by atoms with E-state index in [9.17, 15) is 9.90 Å². The summed E-state index contributed by atoms with van der Waals surface area (Å²) < 4.78 is 10.2. The van der Waals surface area contributed by atoms with E-state index in [0.717, 1.165) is 37.9 Å². The number of methoxy groups -OCH3 is 1. The summed E-state index contributed by atoms with van der Waals surface area (Å²) in [5.74, 6) is 0. The summed E-state index contributed by atoms with van der Waals surface area (Å²) in [7, 11) is 1.72. The number of hydrogen-bond acceptors (Lipinski definition) is 4. The molecule has 5 nitrogen and oxygen atoms in total. The number of hydrogen-bond donors (Lipinski definition) is 2. The molecule has 0 bridgehead atoms. The van der Waals surface area contributed by atoms with Gasteiger partial charge in [-0.05, 0) is 57.6 Å². The van der Waals surface area contributed by atoms with Gasteiger partial charge in [-0.3, -0.25) is 0 Å². The fraction of sp³-hybridized carbons (Fsp3) is 0.650. The third-order valence-corrected chi connectivity index (χ3v) is 3.74. The molecule has 0 aliphatic heterocycles. The first-order chi connectivity index (χ1) is 11.8. The summed E-state index contributed by atoms with van der Waals surface area (Å²) in [4.78, 5) is 11.6. The number of carbonyl (C=O) groups is 1. The number of rotatable bonds is 10. The van der Waals surface area contributed by atoms with Crippen LogP contribution in [0.3, 0.4) is 0 Å². The summed E-state index contributed by atoms with van der Waals surface area (Å²) >= 11 is 0. The summed E-state index contributed by atoms with van der Waals surface area (Å²) in [5, 5.41) is 13.0. The average molecular weight is 351 g/mol. The van der Waals surface area contributed by atoms with E-state index in [1.54, 1.807) is 7.11 Å². The van der Waals surface area contributed by atoms with E-state index in [0.29, 0.717) is 13.0 Å². The Hall–Kier alpha value is -1.59. The fourth-order valence-electron chi connectivity index (χ4n) is 2.50. The summed E-state index contributed by atoms with van der Waals surface area (Å²) in [6.07, 6.45) is 3.74. The molecule has 0 aromatic heterocycles. The molecule has 0 fully saturated rings. The van der Waals surface area contributed by atoms with Crippen molar-refractivity contribution in [3.8, 4) is 0 Å². The van der Waals surface area contributed by atoms with E-state index in [1.807, 2.05) is 32.9 Å². The molecule has 0 saturated heterocycles. The predicted octanol–water partition coefficient (Wildman–Crippen LogP) is 3.99. The third-order valence-electron chi connectivity index (χ3n) is 3.74. The van der Waals surface area contributed by atoms with Crippen LogP contribution in [0, 0.1) is 0 Å². The number of nitrogens with one attached hydrogen (secondary N) is 1. The molecule has 1 aromatic rings. The Bertz CT molecular complexity index is 511. The molecule has 25 heavy (non-hydrogen) atoms. The molecule has 1 aromatic carbocycles. The van der Waals surface area contributed by atoms with Crippen LogP contribution < -0.4 is 5.32 Å². The Morgan fingerprint density at radius 2 is 2.00 bits per heavy atom. The van der Waals surface area contributed by atoms with Gasteiger partial charge in [0.25, 0.3) is 0 Å². The predicted molar refractivity (Wildman–Crippen MR) is 99.7 cm³/mol. The number of unbranched alkanes of at least 4 members (excludes halogenated alkanes) is 2. The number of amides is 1. The van der Waals surface area contributed by atoms with Crippen molar-refractivity contribution in [1.29, 1.82) is 0 Å². The number of aliphatic hydroxyl groups is 1. The first-order valence-electron chi connectivity index (χ1n) is 9.04. The van der Waals surface area contributed by atoms with Gasteiger partial charge in [0, 0.05) is 20.3 Å². The Labute approximate surface area is 151 Å². The molecule has 1 unspecified atom stereocenters.